The van der Waals surface area contributed by atoms with Crippen molar-refractivity contribution in [3.8, 4) is 0 Å². The maximum atomic E-state index is 12.0. The Kier molecular flexibility index (Phi) is 5.39. The van der Waals surface area contributed by atoms with Crippen LogP contribution in [0.4, 0.5) is 5.69 Å². The van der Waals surface area contributed by atoms with Crippen LogP contribution in [0.15, 0.2) is 53.0 Å². The first-order valence-electron chi connectivity index (χ1n) is 6.94. The van der Waals surface area contributed by atoms with Gasteiger partial charge in [0.2, 0.25) is 5.91 Å². The summed E-state index contributed by atoms with van der Waals surface area (Å²) >= 11 is 3.44. The molecule has 0 radical (unpaired) electrons. The number of rotatable bonds is 5. The molecule has 0 spiro atoms. The number of carbonyl (C=O) groups is 1. The number of hydrogen-bond acceptors (Lipinski definition) is 2. The second kappa shape index (κ2) is 7.27. The van der Waals surface area contributed by atoms with E-state index in [1.165, 1.54) is 0 Å². The van der Waals surface area contributed by atoms with Crippen LogP contribution in [0.1, 0.15) is 30.5 Å². The van der Waals surface area contributed by atoms with E-state index in [0.717, 1.165) is 27.7 Å². The molecule has 0 aromatic heterocycles. The molecular formula is C17H19BrN2O. The second-order valence-corrected chi connectivity index (χ2v) is 6.00. The predicted molar refractivity (Wildman–Crippen MR) is 89.9 cm³/mol. The molecule has 2 aromatic carbocycles. The standard InChI is InChI=1S/C17H19BrN2O/c1-12(14-3-2-4-15(18)11-14)20-17(21)10-7-13-5-8-16(19)9-6-13/h2-6,8-9,11-12H,7,10,19H2,1H3,(H,20,21)/t12-/m1/s1. The van der Waals surface area contributed by atoms with Gasteiger partial charge in [0.1, 0.15) is 0 Å². The molecule has 1 atom stereocenters. The molecule has 2 rings (SSSR count). The van der Waals surface area contributed by atoms with Crippen LogP contribution in [0.3, 0.4) is 0 Å². The third kappa shape index (κ3) is 4.90. The van der Waals surface area contributed by atoms with Crippen LogP contribution in [-0.4, -0.2) is 5.91 Å². The number of benzene rings is 2. The minimum absolute atomic E-state index is 0.00131. The summed E-state index contributed by atoms with van der Waals surface area (Å²) < 4.78 is 1.02. The zero-order valence-electron chi connectivity index (χ0n) is 12.0. The van der Waals surface area contributed by atoms with Gasteiger partial charge in [0.15, 0.2) is 0 Å². The summed E-state index contributed by atoms with van der Waals surface area (Å²) in [6, 6.07) is 15.6. The Hall–Kier alpha value is -1.81. The fourth-order valence-corrected chi connectivity index (χ4v) is 2.53. The van der Waals surface area contributed by atoms with Crippen LogP contribution >= 0.6 is 15.9 Å². The van der Waals surface area contributed by atoms with Gasteiger partial charge in [0.05, 0.1) is 6.04 Å². The highest BCUT2D eigenvalue weighted by Gasteiger charge is 2.09. The average Bonchev–Trinajstić information content (AvgIpc) is 2.46. The molecule has 4 heteroatoms. The number of nitrogen functional groups attached to an aromatic ring is 1. The molecule has 0 aliphatic heterocycles. The number of nitrogens with two attached hydrogens (primary N) is 1. The number of carbonyl (C=O) groups excluding carboxylic acids is 1. The Bertz CT molecular complexity index is 610. The molecule has 2 aromatic rings. The van der Waals surface area contributed by atoms with E-state index in [-0.39, 0.29) is 11.9 Å². The van der Waals surface area contributed by atoms with Crippen molar-refractivity contribution in [3.05, 3.63) is 64.1 Å². The largest absolute Gasteiger partial charge is 0.399 e. The summed E-state index contributed by atoms with van der Waals surface area (Å²) in [5.74, 6) is 0.0549. The van der Waals surface area contributed by atoms with Gasteiger partial charge in [-0.1, -0.05) is 40.2 Å². The summed E-state index contributed by atoms with van der Waals surface area (Å²) in [5, 5.41) is 3.02. The van der Waals surface area contributed by atoms with Gasteiger partial charge in [-0.2, -0.15) is 0 Å². The Morgan fingerprint density at radius 1 is 1.24 bits per heavy atom. The van der Waals surface area contributed by atoms with E-state index in [1.54, 1.807) is 0 Å². The number of nitrogens with one attached hydrogen (secondary N) is 1. The Morgan fingerprint density at radius 3 is 2.62 bits per heavy atom. The van der Waals surface area contributed by atoms with Gasteiger partial charge in [0.25, 0.3) is 0 Å². The first kappa shape index (κ1) is 15.6. The molecule has 110 valence electrons. The van der Waals surface area contributed by atoms with Crippen molar-refractivity contribution in [3.63, 3.8) is 0 Å². The highest BCUT2D eigenvalue weighted by atomic mass is 79.9. The lowest BCUT2D eigenvalue weighted by molar-refractivity contribution is -0.121. The normalized spacial score (nSPS) is 11.9. The quantitative estimate of drug-likeness (QED) is 0.808. The molecule has 0 saturated carbocycles. The monoisotopic (exact) mass is 346 g/mol. The van der Waals surface area contributed by atoms with Crippen LogP contribution in [0, 0.1) is 0 Å². The van der Waals surface area contributed by atoms with Crippen LogP contribution in [0.5, 0.6) is 0 Å². The molecule has 3 N–H and O–H groups in total. The van der Waals surface area contributed by atoms with Gasteiger partial charge < -0.3 is 11.1 Å². The van der Waals surface area contributed by atoms with Gasteiger partial charge in [-0.05, 0) is 48.7 Å². The SMILES string of the molecule is C[C@@H](NC(=O)CCc1ccc(N)cc1)c1cccc(Br)c1. The van der Waals surface area contributed by atoms with Crippen LogP contribution in [-0.2, 0) is 11.2 Å². The second-order valence-electron chi connectivity index (χ2n) is 5.09. The first-order chi connectivity index (χ1) is 10.0. The predicted octanol–water partition coefficient (Wildman–Crippen LogP) is 3.84. The average molecular weight is 347 g/mol. The van der Waals surface area contributed by atoms with E-state index in [9.17, 15) is 4.79 Å². The summed E-state index contributed by atoms with van der Waals surface area (Å²) in [7, 11) is 0. The molecule has 0 heterocycles. The van der Waals surface area contributed by atoms with E-state index in [2.05, 4.69) is 21.2 Å². The maximum Gasteiger partial charge on any atom is 0.220 e. The number of aryl methyl sites for hydroxylation is 1. The number of anilines is 1. The summed E-state index contributed by atoms with van der Waals surface area (Å²) in [4.78, 5) is 12.0. The van der Waals surface area contributed by atoms with Crippen molar-refractivity contribution < 1.29 is 4.79 Å². The fourth-order valence-electron chi connectivity index (χ4n) is 2.12. The molecule has 0 fully saturated rings. The smallest absolute Gasteiger partial charge is 0.220 e. The maximum absolute atomic E-state index is 12.0. The van der Waals surface area contributed by atoms with Crippen molar-refractivity contribution in [1.82, 2.24) is 5.32 Å². The highest BCUT2D eigenvalue weighted by Crippen LogP contribution is 2.18. The molecule has 3 nitrogen and oxygen atoms in total. The van der Waals surface area contributed by atoms with Crippen molar-refractivity contribution in [1.29, 1.82) is 0 Å². The van der Waals surface area contributed by atoms with Crippen molar-refractivity contribution in [2.75, 3.05) is 5.73 Å². The summed E-state index contributed by atoms with van der Waals surface area (Å²) in [5.41, 5.74) is 8.59. The van der Waals surface area contributed by atoms with Crippen molar-refractivity contribution in [2.24, 2.45) is 0 Å². The van der Waals surface area contributed by atoms with Gasteiger partial charge in [-0.3, -0.25) is 4.79 Å². The van der Waals surface area contributed by atoms with Crippen LogP contribution in [0.2, 0.25) is 0 Å². The molecule has 1 amide bonds. The molecule has 0 aliphatic carbocycles. The van der Waals surface area contributed by atoms with E-state index >= 15 is 0 Å². The van der Waals surface area contributed by atoms with Crippen LogP contribution < -0.4 is 11.1 Å². The van der Waals surface area contributed by atoms with Crippen LogP contribution in [0.25, 0.3) is 0 Å². The Morgan fingerprint density at radius 2 is 1.95 bits per heavy atom. The van der Waals surface area contributed by atoms with Gasteiger partial charge in [-0.25, -0.2) is 0 Å². The highest BCUT2D eigenvalue weighted by molar-refractivity contribution is 9.10. The molecule has 21 heavy (non-hydrogen) atoms. The third-order valence-electron chi connectivity index (χ3n) is 3.35. The number of halogens is 1. The van der Waals surface area contributed by atoms with E-state index in [4.69, 9.17) is 5.73 Å². The fraction of sp³-hybridized carbons (Fsp3) is 0.235. The lowest BCUT2D eigenvalue weighted by Gasteiger charge is -2.14. The zero-order valence-corrected chi connectivity index (χ0v) is 13.6. The minimum atomic E-state index is 0.00131. The summed E-state index contributed by atoms with van der Waals surface area (Å²) in [6.45, 7) is 1.99. The summed E-state index contributed by atoms with van der Waals surface area (Å²) in [6.07, 6.45) is 1.19. The van der Waals surface area contributed by atoms with E-state index in [0.29, 0.717) is 6.42 Å². The van der Waals surface area contributed by atoms with Crippen molar-refractivity contribution >= 4 is 27.5 Å². The van der Waals surface area contributed by atoms with Gasteiger partial charge >= 0.3 is 0 Å². The van der Waals surface area contributed by atoms with Gasteiger partial charge in [-0.15, -0.1) is 0 Å². The number of hydrogen-bond donors (Lipinski definition) is 2. The molecular weight excluding hydrogens is 328 g/mol. The van der Waals surface area contributed by atoms with E-state index < -0.39 is 0 Å². The van der Waals surface area contributed by atoms with Gasteiger partial charge in [0, 0.05) is 16.6 Å². The first-order valence-corrected chi connectivity index (χ1v) is 7.73. The Balaban J connectivity index is 1.85. The topological polar surface area (TPSA) is 55.1 Å². The molecule has 0 bridgehead atoms. The number of amides is 1. The minimum Gasteiger partial charge on any atom is -0.399 e. The third-order valence-corrected chi connectivity index (χ3v) is 3.84. The lowest BCUT2D eigenvalue weighted by atomic mass is 10.1. The Labute approximate surface area is 133 Å². The lowest BCUT2D eigenvalue weighted by Crippen LogP contribution is -2.26. The molecule has 0 saturated heterocycles. The molecule has 0 aliphatic rings. The zero-order chi connectivity index (χ0) is 15.2. The molecule has 0 unspecified atom stereocenters. The van der Waals surface area contributed by atoms with Crippen molar-refractivity contribution in [2.45, 2.75) is 25.8 Å². The van der Waals surface area contributed by atoms with E-state index in [1.807, 2.05) is 55.5 Å².